The first-order chi connectivity index (χ1) is 9.29. The van der Waals surface area contributed by atoms with E-state index in [-0.39, 0.29) is 10.9 Å². The molecule has 0 spiro atoms. The van der Waals surface area contributed by atoms with Crippen LogP contribution in [0.4, 0.5) is 5.69 Å². The summed E-state index contributed by atoms with van der Waals surface area (Å²) in [6.07, 6.45) is 0. The molecule has 1 unspecified atom stereocenters. The molecule has 0 aliphatic carbocycles. The Hall–Kier alpha value is -1.44. The number of aromatic nitrogens is 1. The first kappa shape index (κ1) is 15.0. The Morgan fingerprint density at radius 3 is 2.60 bits per heavy atom. The van der Waals surface area contributed by atoms with Crippen LogP contribution in [0.1, 0.15) is 29.1 Å². The van der Waals surface area contributed by atoms with Gasteiger partial charge in [-0.3, -0.25) is 0 Å². The fourth-order valence-corrected chi connectivity index (χ4v) is 3.31. The maximum Gasteiger partial charge on any atom is 0.238 e. The number of thiazole rings is 1. The summed E-state index contributed by atoms with van der Waals surface area (Å²) in [6, 6.07) is 4.88. The van der Waals surface area contributed by atoms with Crippen LogP contribution >= 0.6 is 11.3 Å². The molecule has 0 saturated carbocycles. The van der Waals surface area contributed by atoms with E-state index in [1.807, 2.05) is 20.8 Å². The summed E-state index contributed by atoms with van der Waals surface area (Å²) < 4.78 is 22.8. The molecule has 1 aromatic heterocycles. The minimum atomic E-state index is -3.69. The standard InChI is InChI=1S/C13H17N3O2S2/c1-8-4-5-11(20(14,17)18)6-12(8)16-10(3)13-9(2)15-7-19-13/h4-7,10,16H,1-3H3,(H2,14,17,18). The Morgan fingerprint density at radius 2 is 2.05 bits per heavy atom. The maximum absolute atomic E-state index is 11.4. The smallest absolute Gasteiger partial charge is 0.238 e. The minimum Gasteiger partial charge on any atom is -0.377 e. The van der Waals surface area contributed by atoms with E-state index in [0.717, 1.165) is 21.8 Å². The molecule has 1 atom stereocenters. The monoisotopic (exact) mass is 311 g/mol. The van der Waals surface area contributed by atoms with Gasteiger partial charge < -0.3 is 5.32 Å². The van der Waals surface area contributed by atoms with Gasteiger partial charge in [0.2, 0.25) is 10.0 Å². The van der Waals surface area contributed by atoms with Crippen molar-refractivity contribution in [1.29, 1.82) is 0 Å². The third-order valence-electron chi connectivity index (χ3n) is 3.09. The summed E-state index contributed by atoms with van der Waals surface area (Å²) in [7, 11) is -3.69. The third-order valence-corrected chi connectivity index (χ3v) is 5.11. The molecular formula is C13H17N3O2S2. The number of primary sulfonamides is 1. The number of hydrogen-bond acceptors (Lipinski definition) is 5. The number of aryl methyl sites for hydroxylation is 2. The first-order valence-corrected chi connectivity index (χ1v) is 8.51. The maximum atomic E-state index is 11.4. The molecule has 2 rings (SSSR count). The number of rotatable bonds is 4. The first-order valence-electron chi connectivity index (χ1n) is 6.09. The molecule has 0 amide bonds. The zero-order valence-electron chi connectivity index (χ0n) is 11.5. The van der Waals surface area contributed by atoms with Crippen molar-refractivity contribution in [2.24, 2.45) is 5.14 Å². The summed E-state index contributed by atoms with van der Waals surface area (Å²) in [5, 5.41) is 8.48. The average Bonchev–Trinajstić information content (AvgIpc) is 2.77. The van der Waals surface area contributed by atoms with Crippen molar-refractivity contribution < 1.29 is 8.42 Å². The largest absolute Gasteiger partial charge is 0.377 e. The van der Waals surface area contributed by atoms with Gasteiger partial charge in [0.15, 0.2) is 0 Å². The van der Waals surface area contributed by atoms with Gasteiger partial charge in [0.05, 0.1) is 22.1 Å². The molecule has 7 heteroatoms. The van der Waals surface area contributed by atoms with Gasteiger partial charge in [-0.2, -0.15) is 0 Å². The predicted molar refractivity (Wildman–Crippen MR) is 81.4 cm³/mol. The normalized spacial score (nSPS) is 13.2. The van der Waals surface area contributed by atoms with Crippen LogP contribution < -0.4 is 10.5 Å². The summed E-state index contributed by atoms with van der Waals surface area (Å²) >= 11 is 1.58. The molecule has 0 bridgehead atoms. The van der Waals surface area contributed by atoms with Gasteiger partial charge in [-0.05, 0) is 38.5 Å². The Bertz CT molecular complexity index is 723. The Labute approximate surface area is 122 Å². The van der Waals surface area contributed by atoms with Crippen LogP contribution in [-0.2, 0) is 10.0 Å². The highest BCUT2D eigenvalue weighted by Gasteiger charge is 2.14. The fraction of sp³-hybridized carbons (Fsp3) is 0.308. The van der Waals surface area contributed by atoms with Crippen molar-refractivity contribution in [3.63, 3.8) is 0 Å². The molecule has 0 saturated heterocycles. The van der Waals surface area contributed by atoms with Gasteiger partial charge in [0.25, 0.3) is 0 Å². The number of nitrogens with two attached hydrogens (primary N) is 1. The summed E-state index contributed by atoms with van der Waals surface area (Å²) in [5.41, 5.74) is 4.51. The summed E-state index contributed by atoms with van der Waals surface area (Å²) in [4.78, 5) is 5.46. The molecule has 0 aliphatic heterocycles. The Balaban J connectivity index is 2.32. The van der Waals surface area contributed by atoms with E-state index in [1.54, 1.807) is 29.0 Å². The van der Waals surface area contributed by atoms with Crippen LogP contribution in [0.5, 0.6) is 0 Å². The predicted octanol–water partition coefficient (Wildman–Crippen LogP) is 2.58. The van der Waals surface area contributed by atoms with E-state index >= 15 is 0 Å². The number of sulfonamides is 1. The molecule has 1 aromatic carbocycles. The lowest BCUT2D eigenvalue weighted by Gasteiger charge is -2.17. The lowest BCUT2D eigenvalue weighted by atomic mass is 10.1. The van der Waals surface area contributed by atoms with Gasteiger partial charge in [-0.25, -0.2) is 18.5 Å². The number of nitrogens with one attached hydrogen (secondary N) is 1. The molecule has 3 N–H and O–H groups in total. The van der Waals surface area contributed by atoms with E-state index in [1.165, 1.54) is 6.07 Å². The van der Waals surface area contributed by atoms with Gasteiger partial charge in [0.1, 0.15) is 0 Å². The van der Waals surface area contributed by atoms with Crippen LogP contribution in [0.3, 0.4) is 0 Å². The van der Waals surface area contributed by atoms with Crippen LogP contribution in [0.2, 0.25) is 0 Å². The second-order valence-electron chi connectivity index (χ2n) is 4.69. The number of benzene rings is 1. The van der Waals surface area contributed by atoms with Crippen molar-refractivity contribution in [1.82, 2.24) is 4.98 Å². The highest BCUT2D eigenvalue weighted by Crippen LogP contribution is 2.28. The molecule has 108 valence electrons. The van der Waals surface area contributed by atoms with Crippen molar-refractivity contribution >= 4 is 27.0 Å². The van der Waals surface area contributed by atoms with E-state index in [4.69, 9.17) is 5.14 Å². The molecule has 0 radical (unpaired) electrons. The SMILES string of the molecule is Cc1ccc(S(N)(=O)=O)cc1NC(C)c1scnc1C. The molecule has 5 nitrogen and oxygen atoms in total. The lowest BCUT2D eigenvalue weighted by Crippen LogP contribution is -2.13. The molecular weight excluding hydrogens is 294 g/mol. The van der Waals surface area contributed by atoms with Crippen molar-refractivity contribution in [2.45, 2.75) is 31.7 Å². The Morgan fingerprint density at radius 1 is 1.35 bits per heavy atom. The van der Waals surface area contributed by atoms with Crippen LogP contribution in [-0.4, -0.2) is 13.4 Å². The van der Waals surface area contributed by atoms with E-state index in [9.17, 15) is 8.42 Å². The van der Waals surface area contributed by atoms with Crippen LogP contribution in [0, 0.1) is 13.8 Å². The van der Waals surface area contributed by atoms with Crippen molar-refractivity contribution in [2.75, 3.05) is 5.32 Å². The van der Waals surface area contributed by atoms with E-state index in [2.05, 4.69) is 10.3 Å². The molecule has 20 heavy (non-hydrogen) atoms. The van der Waals surface area contributed by atoms with Crippen molar-refractivity contribution in [3.8, 4) is 0 Å². The second kappa shape index (κ2) is 5.51. The van der Waals surface area contributed by atoms with Gasteiger partial charge >= 0.3 is 0 Å². The highest BCUT2D eigenvalue weighted by molar-refractivity contribution is 7.89. The zero-order valence-corrected chi connectivity index (χ0v) is 13.2. The minimum absolute atomic E-state index is 0.0527. The summed E-state index contributed by atoms with van der Waals surface area (Å²) in [6.45, 7) is 5.89. The van der Waals surface area contributed by atoms with Crippen molar-refractivity contribution in [3.05, 3.63) is 39.8 Å². The van der Waals surface area contributed by atoms with Gasteiger partial charge in [-0.1, -0.05) is 6.07 Å². The fourth-order valence-electron chi connectivity index (χ4n) is 1.96. The number of hydrogen-bond donors (Lipinski definition) is 2. The molecule has 0 aliphatic rings. The van der Waals surface area contributed by atoms with Gasteiger partial charge in [0, 0.05) is 10.6 Å². The van der Waals surface area contributed by atoms with Crippen LogP contribution in [0.25, 0.3) is 0 Å². The molecule has 0 fully saturated rings. The third kappa shape index (κ3) is 3.17. The highest BCUT2D eigenvalue weighted by atomic mass is 32.2. The number of nitrogens with zero attached hydrogens (tertiary/aromatic N) is 1. The summed E-state index contributed by atoms with van der Waals surface area (Å²) in [5.74, 6) is 0. The quantitative estimate of drug-likeness (QED) is 0.909. The van der Waals surface area contributed by atoms with Gasteiger partial charge in [-0.15, -0.1) is 11.3 Å². The van der Waals surface area contributed by atoms with E-state index in [0.29, 0.717) is 0 Å². The average molecular weight is 311 g/mol. The topological polar surface area (TPSA) is 85.1 Å². The van der Waals surface area contributed by atoms with E-state index < -0.39 is 10.0 Å². The second-order valence-corrected chi connectivity index (χ2v) is 7.14. The number of anilines is 1. The molecule has 1 heterocycles. The van der Waals surface area contributed by atoms with Crippen LogP contribution in [0.15, 0.2) is 28.6 Å². The Kier molecular flexibility index (Phi) is 4.12. The zero-order chi connectivity index (χ0) is 14.9. The molecule has 2 aromatic rings. The lowest BCUT2D eigenvalue weighted by molar-refractivity contribution is 0.598.